The molecular weight excluding hydrogens is 234 g/mol. The van der Waals surface area contributed by atoms with Crippen molar-refractivity contribution in [3.05, 3.63) is 59.7 Å². The largest absolute Gasteiger partial charge is 0.396 e. The van der Waals surface area contributed by atoms with E-state index in [-0.39, 0.29) is 23.7 Å². The van der Waals surface area contributed by atoms with E-state index >= 15 is 0 Å². The van der Waals surface area contributed by atoms with Gasteiger partial charge in [0.2, 0.25) is 0 Å². The predicted octanol–water partition coefficient (Wildman–Crippen LogP) is 3.73. The fourth-order valence-corrected chi connectivity index (χ4v) is 1.84. The minimum Gasteiger partial charge on any atom is -0.396 e. The second kappa shape index (κ2) is 5.27. The SMILES string of the molecule is CC(CO)c1ccc(-c2ccccc2F)c(F)c1. The average molecular weight is 248 g/mol. The van der Waals surface area contributed by atoms with Crippen molar-refractivity contribution in [2.24, 2.45) is 0 Å². The van der Waals surface area contributed by atoms with Gasteiger partial charge < -0.3 is 5.11 Å². The lowest BCUT2D eigenvalue weighted by Gasteiger charge is -2.11. The summed E-state index contributed by atoms with van der Waals surface area (Å²) in [5.41, 5.74) is 1.19. The van der Waals surface area contributed by atoms with E-state index in [4.69, 9.17) is 5.11 Å². The first-order valence-electron chi connectivity index (χ1n) is 5.78. The topological polar surface area (TPSA) is 20.2 Å². The maximum Gasteiger partial charge on any atom is 0.131 e. The second-order valence-electron chi connectivity index (χ2n) is 4.30. The molecule has 0 fully saturated rings. The van der Waals surface area contributed by atoms with Crippen molar-refractivity contribution in [1.82, 2.24) is 0 Å². The number of benzene rings is 2. The minimum atomic E-state index is -0.474. The van der Waals surface area contributed by atoms with Crippen molar-refractivity contribution in [1.29, 1.82) is 0 Å². The molecule has 0 saturated heterocycles. The molecule has 18 heavy (non-hydrogen) atoms. The molecule has 0 spiro atoms. The van der Waals surface area contributed by atoms with Crippen LogP contribution in [0.1, 0.15) is 18.4 Å². The second-order valence-corrected chi connectivity index (χ2v) is 4.30. The number of halogens is 2. The van der Waals surface area contributed by atoms with Crippen LogP contribution in [0.4, 0.5) is 8.78 Å². The third kappa shape index (κ3) is 2.41. The summed E-state index contributed by atoms with van der Waals surface area (Å²) in [6.07, 6.45) is 0. The highest BCUT2D eigenvalue weighted by Crippen LogP contribution is 2.27. The van der Waals surface area contributed by atoms with Gasteiger partial charge in [-0.15, -0.1) is 0 Å². The Labute approximate surface area is 105 Å². The maximum atomic E-state index is 14.0. The summed E-state index contributed by atoms with van der Waals surface area (Å²) in [5.74, 6) is -1.05. The van der Waals surface area contributed by atoms with E-state index in [0.717, 1.165) is 0 Å². The molecule has 0 radical (unpaired) electrons. The van der Waals surface area contributed by atoms with Gasteiger partial charge >= 0.3 is 0 Å². The molecule has 1 unspecified atom stereocenters. The van der Waals surface area contributed by atoms with Crippen LogP contribution >= 0.6 is 0 Å². The van der Waals surface area contributed by atoms with E-state index in [1.807, 2.05) is 0 Å². The third-order valence-electron chi connectivity index (χ3n) is 3.00. The lowest BCUT2D eigenvalue weighted by molar-refractivity contribution is 0.273. The molecule has 1 atom stereocenters. The maximum absolute atomic E-state index is 14.0. The third-order valence-corrected chi connectivity index (χ3v) is 3.00. The van der Waals surface area contributed by atoms with Crippen LogP contribution in [0.25, 0.3) is 11.1 Å². The Morgan fingerprint density at radius 2 is 1.67 bits per heavy atom. The van der Waals surface area contributed by atoms with Crippen molar-refractivity contribution >= 4 is 0 Å². The van der Waals surface area contributed by atoms with E-state index in [9.17, 15) is 8.78 Å². The van der Waals surface area contributed by atoms with Crippen LogP contribution in [0.3, 0.4) is 0 Å². The highest BCUT2D eigenvalue weighted by molar-refractivity contribution is 5.65. The molecule has 1 N–H and O–H groups in total. The van der Waals surface area contributed by atoms with Gasteiger partial charge in [-0.1, -0.05) is 37.3 Å². The Morgan fingerprint density at radius 3 is 2.28 bits per heavy atom. The smallest absolute Gasteiger partial charge is 0.131 e. The van der Waals surface area contributed by atoms with E-state index in [0.29, 0.717) is 5.56 Å². The molecule has 0 aromatic heterocycles. The predicted molar refractivity (Wildman–Crippen MR) is 67.3 cm³/mol. The van der Waals surface area contributed by atoms with Gasteiger partial charge in [0.05, 0.1) is 0 Å². The zero-order chi connectivity index (χ0) is 13.1. The highest BCUT2D eigenvalue weighted by Gasteiger charge is 2.12. The first-order chi connectivity index (χ1) is 8.63. The van der Waals surface area contributed by atoms with Gasteiger partial charge in [0, 0.05) is 23.7 Å². The van der Waals surface area contributed by atoms with Crippen molar-refractivity contribution in [2.75, 3.05) is 6.61 Å². The molecule has 0 saturated carbocycles. The molecule has 0 heterocycles. The number of hydrogen-bond acceptors (Lipinski definition) is 1. The van der Waals surface area contributed by atoms with Crippen molar-refractivity contribution in [3.8, 4) is 11.1 Å². The van der Waals surface area contributed by atoms with E-state index in [1.54, 1.807) is 37.3 Å². The van der Waals surface area contributed by atoms with Gasteiger partial charge in [-0.05, 0) is 17.7 Å². The lowest BCUT2D eigenvalue weighted by Crippen LogP contribution is -2.00. The molecule has 0 aliphatic rings. The molecule has 0 amide bonds. The molecule has 3 heteroatoms. The van der Waals surface area contributed by atoms with Gasteiger partial charge in [-0.3, -0.25) is 0 Å². The minimum absolute atomic E-state index is 0.0432. The first-order valence-corrected chi connectivity index (χ1v) is 5.78. The van der Waals surface area contributed by atoms with E-state index in [2.05, 4.69) is 0 Å². The summed E-state index contributed by atoms with van der Waals surface area (Å²) < 4.78 is 27.5. The number of aliphatic hydroxyl groups is 1. The molecular formula is C15H14F2O. The monoisotopic (exact) mass is 248 g/mol. The standard InChI is InChI=1S/C15H14F2O/c1-10(9-18)11-6-7-13(15(17)8-11)12-4-2-3-5-14(12)16/h2-8,10,18H,9H2,1H3. The van der Waals surface area contributed by atoms with Crippen molar-refractivity contribution in [3.63, 3.8) is 0 Å². The lowest BCUT2D eigenvalue weighted by atomic mass is 9.97. The zero-order valence-electron chi connectivity index (χ0n) is 10.0. The van der Waals surface area contributed by atoms with Crippen molar-refractivity contribution in [2.45, 2.75) is 12.8 Å². The summed E-state index contributed by atoms with van der Waals surface area (Å²) >= 11 is 0. The van der Waals surface area contributed by atoms with E-state index < -0.39 is 11.6 Å². The van der Waals surface area contributed by atoms with Crippen molar-refractivity contribution < 1.29 is 13.9 Å². The van der Waals surface area contributed by atoms with Gasteiger partial charge in [0.1, 0.15) is 11.6 Å². The molecule has 0 aliphatic heterocycles. The Bertz CT molecular complexity index is 552. The Balaban J connectivity index is 2.45. The van der Waals surface area contributed by atoms with Crippen LogP contribution in [0.5, 0.6) is 0 Å². The summed E-state index contributed by atoms with van der Waals surface area (Å²) in [7, 11) is 0. The van der Waals surface area contributed by atoms with Crippen LogP contribution in [-0.2, 0) is 0 Å². The molecule has 0 aliphatic carbocycles. The number of aliphatic hydroxyl groups excluding tert-OH is 1. The van der Waals surface area contributed by atoms with Crippen LogP contribution in [0.15, 0.2) is 42.5 Å². The van der Waals surface area contributed by atoms with Crippen LogP contribution < -0.4 is 0 Å². The molecule has 2 aromatic rings. The first kappa shape index (κ1) is 12.7. The molecule has 94 valence electrons. The Hall–Kier alpha value is -1.74. The summed E-state index contributed by atoms with van der Waals surface area (Å²) in [6, 6.07) is 10.7. The Kier molecular flexibility index (Phi) is 3.72. The fraction of sp³-hybridized carbons (Fsp3) is 0.200. The van der Waals surface area contributed by atoms with Gasteiger partial charge in [0.15, 0.2) is 0 Å². The number of rotatable bonds is 3. The number of hydrogen-bond donors (Lipinski definition) is 1. The summed E-state index contributed by atoms with van der Waals surface area (Å²) in [6.45, 7) is 1.76. The molecule has 1 nitrogen and oxygen atoms in total. The summed E-state index contributed by atoms with van der Waals surface area (Å²) in [5, 5.41) is 9.03. The average Bonchev–Trinajstić information content (AvgIpc) is 2.39. The molecule has 2 aromatic carbocycles. The summed E-state index contributed by atoms with van der Waals surface area (Å²) in [4.78, 5) is 0. The normalized spacial score (nSPS) is 12.4. The molecule has 0 bridgehead atoms. The quantitative estimate of drug-likeness (QED) is 0.877. The van der Waals surface area contributed by atoms with Gasteiger partial charge in [-0.25, -0.2) is 8.78 Å². The molecule has 2 rings (SSSR count). The fourth-order valence-electron chi connectivity index (χ4n) is 1.84. The van der Waals surface area contributed by atoms with Gasteiger partial charge in [-0.2, -0.15) is 0 Å². The highest BCUT2D eigenvalue weighted by atomic mass is 19.1. The van der Waals surface area contributed by atoms with Crippen LogP contribution in [0, 0.1) is 11.6 Å². The van der Waals surface area contributed by atoms with Crippen LogP contribution in [-0.4, -0.2) is 11.7 Å². The van der Waals surface area contributed by atoms with E-state index in [1.165, 1.54) is 12.1 Å². The van der Waals surface area contributed by atoms with Crippen LogP contribution in [0.2, 0.25) is 0 Å². The van der Waals surface area contributed by atoms with Gasteiger partial charge in [0.25, 0.3) is 0 Å². The zero-order valence-corrected chi connectivity index (χ0v) is 10.0. The Morgan fingerprint density at radius 1 is 1.00 bits per heavy atom.